The van der Waals surface area contributed by atoms with Gasteiger partial charge in [0.25, 0.3) is 6.43 Å². The van der Waals surface area contributed by atoms with Gasteiger partial charge in [0, 0.05) is 18.7 Å². The van der Waals surface area contributed by atoms with E-state index >= 15 is 0 Å². The second-order valence-corrected chi connectivity index (χ2v) is 3.52. The van der Waals surface area contributed by atoms with Crippen molar-refractivity contribution < 1.29 is 13.9 Å². The normalized spacial score (nSPS) is 13.1. The molecule has 0 bridgehead atoms. The molecule has 0 radical (unpaired) electrons. The zero-order chi connectivity index (χ0) is 11.3. The first-order valence-electron chi connectivity index (χ1n) is 4.85. The van der Waals surface area contributed by atoms with Gasteiger partial charge in [-0.25, -0.2) is 8.78 Å². The zero-order valence-corrected chi connectivity index (χ0v) is 8.58. The maximum atomic E-state index is 12.2. The molecule has 1 aromatic carbocycles. The largest absolute Gasteiger partial charge is 0.392 e. The van der Waals surface area contributed by atoms with Crippen LogP contribution in [0.25, 0.3) is 0 Å². The van der Waals surface area contributed by atoms with Crippen molar-refractivity contribution in [2.45, 2.75) is 26.0 Å². The maximum absolute atomic E-state index is 12.2. The Labute approximate surface area is 87.9 Å². The second kappa shape index (κ2) is 5.78. The Hall–Kier alpha value is -1.00. The average Bonchev–Trinajstić information content (AvgIpc) is 2.18. The van der Waals surface area contributed by atoms with E-state index in [9.17, 15) is 8.78 Å². The highest BCUT2D eigenvalue weighted by molar-refractivity contribution is 5.23. The van der Waals surface area contributed by atoms with E-state index in [1.807, 2.05) is 0 Å². The van der Waals surface area contributed by atoms with Crippen LogP contribution in [0.4, 0.5) is 8.78 Å². The predicted octanol–water partition coefficient (Wildman–Crippen LogP) is 2.09. The number of rotatable bonds is 5. The topological polar surface area (TPSA) is 32.3 Å². The van der Waals surface area contributed by atoms with Crippen molar-refractivity contribution in [1.29, 1.82) is 0 Å². The Bertz CT molecular complexity index is 285. The van der Waals surface area contributed by atoms with E-state index in [2.05, 4.69) is 5.32 Å². The number of nitrogens with one attached hydrogen (secondary N) is 1. The Morgan fingerprint density at radius 2 is 1.87 bits per heavy atom. The molecule has 0 saturated carbocycles. The summed E-state index contributed by atoms with van der Waals surface area (Å²) in [7, 11) is 0. The number of aliphatic hydroxyl groups excluding tert-OH is 1. The summed E-state index contributed by atoms with van der Waals surface area (Å²) in [5, 5.41) is 12.0. The van der Waals surface area contributed by atoms with Crippen molar-refractivity contribution in [3.8, 4) is 0 Å². The minimum atomic E-state index is -2.41. The van der Waals surface area contributed by atoms with E-state index in [4.69, 9.17) is 5.11 Å². The van der Waals surface area contributed by atoms with E-state index in [0.29, 0.717) is 13.1 Å². The minimum Gasteiger partial charge on any atom is -0.392 e. The van der Waals surface area contributed by atoms with Crippen LogP contribution in [0.3, 0.4) is 0 Å². The van der Waals surface area contributed by atoms with Crippen LogP contribution >= 0.6 is 0 Å². The van der Waals surface area contributed by atoms with Gasteiger partial charge in [-0.05, 0) is 12.5 Å². The van der Waals surface area contributed by atoms with Crippen molar-refractivity contribution in [2.75, 3.05) is 6.54 Å². The lowest BCUT2D eigenvalue weighted by Gasteiger charge is -2.07. The van der Waals surface area contributed by atoms with Crippen molar-refractivity contribution in [3.63, 3.8) is 0 Å². The van der Waals surface area contributed by atoms with Gasteiger partial charge in [0.05, 0.1) is 6.10 Å². The molecule has 2 N–H and O–H groups in total. The Balaban J connectivity index is 2.43. The first-order valence-corrected chi connectivity index (χ1v) is 4.85. The quantitative estimate of drug-likeness (QED) is 0.788. The minimum absolute atomic E-state index is 0.0364. The van der Waals surface area contributed by atoms with Gasteiger partial charge >= 0.3 is 0 Å². The molecule has 15 heavy (non-hydrogen) atoms. The van der Waals surface area contributed by atoms with Crippen LogP contribution in [0, 0.1) is 0 Å². The summed E-state index contributed by atoms with van der Waals surface area (Å²) in [5.41, 5.74) is 0.967. The number of alkyl halides is 2. The molecular weight excluding hydrogens is 200 g/mol. The summed E-state index contributed by atoms with van der Waals surface area (Å²) in [4.78, 5) is 0. The van der Waals surface area contributed by atoms with E-state index in [-0.39, 0.29) is 5.56 Å². The van der Waals surface area contributed by atoms with E-state index in [0.717, 1.165) is 5.56 Å². The molecule has 84 valence electrons. The predicted molar refractivity (Wildman–Crippen MR) is 54.8 cm³/mol. The van der Waals surface area contributed by atoms with Crippen LogP contribution in [-0.4, -0.2) is 17.8 Å². The van der Waals surface area contributed by atoms with Gasteiger partial charge in [-0.1, -0.05) is 24.3 Å². The molecule has 0 amide bonds. The van der Waals surface area contributed by atoms with Gasteiger partial charge in [0.2, 0.25) is 0 Å². The van der Waals surface area contributed by atoms with Crippen LogP contribution in [0.5, 0.6) is 0 Å². The molecule has 0 aromatic heterocycles. The molecule has 1 unspecified atom stereocenters. The lowest BCUT2D eigenvalue weighted by Crippen LogP contribution is -2.23. The van der Waals surface area contributed by atoms with E-state index in [1.54, 1.807) is 19.1 Å². The highest BCUT2D eigenvalue weighted by Gasteiger charge is 2.05. The molecular formula is C11H15F2NO. The number of hydrogen-bond acceptors (Lipinski definition) is 2. The zero-order valence-electron chi connectivity index (χ0n) is 8.58. The highest BCUT2D eigenvalue weighted by Crippen LogP contribution is 2.18. The summed E-state index contributed by atoms with van der Waals surface area (Å²) in [6.45, 7) is 2.76. The fourth-order valence-electron chi connectivity index (χ4n) is 1.21. The third-order valence-electron chi connectivity index (χ3n) is 2.00. The number of halogens is 2. The van der Waals surface area contributed by atoms with E-state index in [1.165, 1.54) is 12.1 Å². The lowest BCUT2D eigenvalue weighted by molar-refractivity contribution is 0.151. The summed E-state index contributed by atoms with van der Waals surface area (Å²) in [5.74, 6) is 0. The standard InChI is InChI=1S/C11H15F2NO/c1-8(15)6-14-7-9-2-4-10(5-3-9)11(12)13/h2-5,8,11,14-15H,6-7H2,1H3. The number of hydrogen-bond donors (Lipinski definition) is 2. The molecule has 0 spiro atoms. The van der Waals surface area contributed by atoms with E-state index < -0.39 is 12.5 Å². The molecule has 1 aromatic rings. The first-order chi connectivity index (χ1) is 7.09. The lowest BCUT2D eigenvalue weighted by atomic mass is 10.1. The van der Waals surface area contributed by atoms with Crippen LogP contribution in [0.1, 0.15) is 24.5 Å². The van der Waals surface area contributed by atoms with Crippen molar-refractivity contribution in [1.82, 2.24) is 5.32 Å². The van der Waals surface area contributed by atoms with Crippen LogP contribution in [-0.2, 0) is 6.54 Å². The molecule has 0 aliphatic rings. The molecule has 1 rings (SSSR count). The van der Waals surface area contributed by atoms with Gasteiger partial charge in [0.1, 0.15) is 0 Å². The fourth-order valence-corrected chi connectivity index (χ4v) is 1.21. The summed E-state index contributed by atoms with van der Waals surface area (Å²) >= 11 is 0. The molecule has 0 aliphatic heterocycles. The average molecular weight is 215 g/mol. The summed E-state index contributed by atoms with van der Waals surface area (Å²) < 4.78 is 24.4. The molecule has 0 saturated heterocycles. The first kappa shape index (κ1) is 12.1. The Kier molecular flexibility index (Phi) is 4.65. The monoisotopic (exact) mass is 215 g/mol. The smallest absolute Gasteiger partial charge is 0.263 e. The van der Waals surface area contributed by atoms with Crippen molar-refractivity contribution in [3.05, 3.63) is 35.4 Å². The fraction of sp³-hybridized carbons (Fsp3) is 0.455. The SMILES string of the molecule is CC(O)CNCc1ccc(C(F)F)cc1. The highest BCUT2D eigenvalue weighted by atomic mass is 19.3. The van der Waals surface area contributed by atoms with Gasteiger partial charge in [-0.3, -0.25) is 0 Å². The Morgan fingerprint density at radius 1 is 1.27 bits per heavy atom. The third kappa shape index (κ3) is 4.36. The van der Waals surface area contributed by atoms with Gasteiger partial charge < -0.3 is 10.4 Å². The van der Waals surface area contributed by atoms with Gasteiger partial charge in [0.15, 0.2) is 0 Å². The van der Waals surface area contributed by atoms with Crippen molar-refractivity contribution in [2.24, 2.45) is 0 Å². The molecule has 2 nitrogen and oxygen atoms in total. The van der Waals surface area contributed by atoms with Crippen LogP contribution in [0.2, 0.25) is 0 Å². The number of benzene rings is 1. The van der Waals surface area contributed by atoms with Gasteiger partial charge in [-0.15, -0.1) is 0 Å². The molecule has 4 heteroatoms. The van der Waals surface area contributed by atoms with Crippen molar-refractivity contribution >= 4 is 0 Å². The molecule has 1 atom stereocenters. The third-order valence-corrected chi connectivity index (χ3v) is 2.00. The summed E-state index contributed by atoms with van der Waals surface area (Å²) in [6, 6.07) is 6.17. The van der Waals surface area contributed by atoms with Gasteiger partial charge in [-0.2, -0.15) is 0 Å². The summed E-state index contributed by atoms with van der Waals surface area (Å²) in [6.07, 6.45) is -2.81. The Morgan fingerprint density at radius 3 is 2.33 bits per heavy atom. The van der Waals surface area contributed by atoms with Crippen LogP contribution < -0.4 is 5.32 Å². The molecule has 0 heterocycles. The number of aliphatic hydroxyl groups is 1. The maximum Gasteiger partial charge on any atom is 0.263 e. The van der Waals surface area contributed by atoms with Crippen LogP contribution in [0.15, 0.2) is 24.3 Å². The molecule has 0 aliphatic carbocycles. The molecule has 0 fully saturated rings. The second-order valence-electron chi connectivity index (χ2n) is 3.52.